The zero-order valence-electron chi connectivity index (χ0n) is 8.98. The Morgan fingerprint density at radius 3 is 2.73 bits per heavy atom. The zero-order valence-corrected chi connectivity index (χ0v) is 11.0. The van der Waals surface area contributed by atoms with Crippen LogP contribution in [0.5, 0.6) is 0 Å². The number of esters is 1. The Kier molecular flexibility index (Phi) is 4.84. The molecule has 0 aliphatic heterocycles. The number of ether oxygens (including phenoxy) is 1. The van der Waals surface area contributed by atoms with E-state index in [1.807, 2.05) is 18.2 Å². The van der Waals surface area contributed by atoms with Crippen molar-refractivity contribution in [2.24, 2.45) is 0 Å². The second-order valence-electron chi connectivity index (χ2n) is 3.63. The molecule has 3 heteroatoms. The van der Waals surface area contributed by atoms with Crippen LogP contribution in [0.2, 0.25) is 5.54 Å². The maximum Gasteiger partial charge on any atom is 0.330 e. The average molecular weight is 220 g/mol. The van der Waals surface area contributed by atoms with Gasteiger partial charge in [0, 0.05) is 16.3 Å². The molecule has 0 spiro atoms. The summed E-state index contributed by atoms with van der Waals surface area (Å²) in [6.45, 7) is 3.87. The van der Waals surface area contributed by atoms with Gasteiger partial charge >= 0.3 is 5.97 Å². The van der Waals surface area contributed by atoms with Crippen LogP contribution >= 0.6 is 0 Å². The van der Waals surface area contributed by atoms with Gasteiger partial charge in [0.15, 0.2) is 0 Å². The first-order chi connectivity index (χ1) is 7.22. The van der Waals surface area contributed by atoms with Crippen molar-refractivity contribution < 1.29 is 9.53 Å². The van der Waals surface area contributed by atoms with Crippen LogP contribution in [0, 0.1) is 0 Å². The molecule has 1 atom stereocenters. The average Bonchev–Trinajstić information content (AvgIpc) is 2.27. The molecule has 0 fully saturated rings. The molecule has 0 saturated carbocycles. The third-order valence-corrected chi connectivity index (χ3v) is 2.85. The van der Waals surface area contributed by atoms with Gasteiger partial charge in [-0.05, 0) is 17.5 Å². The smallest absolute Gasteiger partial charge is 0.330 e. The molecule has 0 aliphatic rings. The molecule has 15 heavy (non-hydrogen) atoms. The van der Waals surface area contributed by atoms with Crippen LogP contribution in [-0.4, -0.2) is 22.8 Å². The second-order valence-corrected chi connectivity index (χ2v) is 5.26. The third kappa shape index (κ3) is 4.60. The van der Waals surface area contributed by atoms with E-state index in [4.69, 9.17) is 4.74 Å². The van der Waals surface area contributed by atoms with E-state index >= 15 is 0 Å². The lowest BCUT2D eigenvalue weighted by Crippen LogP contribution is -2.10. The second kappa shape index (κ2) is 6.19. The van der Waals surface area contributed by atoms with Crippen LogP contribution in [0.3, 0.4) is 0 Å². The molecule has 0 radical (unpaired) electrons. The minimum absolute atomic E-state index is 0.330. The molecule has 0 saturated heterocycles. The highest BCUT2D eigenvalue weighted by molar-refractivity contribution is 6.12. The molecular weight excluding hydrogens is 204 g/mol. The number of hydrogen-bond acceptors (Lipinski definition) is 2. The fourth-order valence-electron chi connectivity index (χ4n) is 1.36. The van der Waals surface area contributed by atoms with Crippen LogP contribution in [0.25, 0.3) is 0 Å². The van der Waals surface area contributed by atoms with Gasteiger partial charge < -0.3 is 4.74 Å². The predicted molar refractivity (Wildman–Crippen MR) is 65.0 cm³/mol. The van der Waals surface area contributed by atoms with Crippen molar-refractivity contribution >= 4 is 16.2 Å². The van der Waals surface area contributed by atoms with Crippen molar-refractivity contribution in [2.45, 2.75) is 12.0 Å². The van der Waals surface area contributed by atoms with E-state index in [1.165, 1.54) is 11.6 Å². The molecule has 1 unspecified atom stereocenters. The topological polar surface area (TPSA) is 26.3 Å². The van der Waals surface area contributed by atoms with Gasteiger partial charge in [-0.2, -0.15) is 0 Å². The zero-order chi connectivity index (χ0) is 11.1. The van der Waals surface area contributed by atoms with Gasteiger partial charge in [-0.15, -0.1) is 0 Å². The fraction of sp³-hybridized carbons (Fsp3) is 0.250. The monoisotopic (exact) mass is 220 g/mol. The van der Waals surface area contributed by atoms with Gasteiger partial charge in [-0.1, -0.05) is 36.9 Å². The molecule has 0 aromatic heterocycles. The van der Waals surface area contributed by atoms with Crippen LogP contribution in [-0.2, 0) is 16.0 Å². The van der Waals surface area contributed by atoms with E-state index in [-0.39, 0.29) is 5.97 Å². The summed E-state index contributed by atoms with van der Waals surface area (Å²) >= 11 is 0. The number of benzene rings is 1. The maximum absolute atomic E-state index is 10.8. The first-order valence-electron chi connectivity index (χ1n) is 5.05. The number of carbonyl (C=O) groups is 1. The normalized spacial score (nSPS) is 12.0. The van der Waals surface area contributed by atoms with E-state index in [9.17, 15) is 4.79 Å². The van der Waals surface area contributed by atoms with Crippen molar-refractivity contribution in [1.82, 2.24) is 0 Å². The molecule has 1 aromatic rings. The summed E-state index contributed by atoms with van der Waals surface area (Å²) in [6, 6.07) is 10.3. The molecule has 80 valence electrons. The molecule has 2 nitrogen and oxygen atoms in total. The third-order valence-electron chi connectivity index (χ3n) is 2.10. The molecular formula is C12H16O2Si. The lowest BCUT2D eigenvalue weighted by molar-refractivity contribution is -0.137. The van der Waals surface area contributed by atoms with Gasteiger partial charge in [-0.3, -0.25) is 0 Å². The molecule has 0 bridgehead atoms. The summed E-state index contributed by atoms with van der Waals surface area (Å²) in [5, 5.41) is 0. The minimum atomic E-state index is -0.330. The van der Waals surface area contributed by atoms with E-state index < -0.39 is 0 Å². The molecule has 1 rings (SSSR count). The van der Waals surface area contributed by atoms with Gasteiger partial charge in [-0.25, -0.2) is 4.79 Å². The highest BCUT2D eigenvalue weighted by Gasteiger charge is 2.05. The molecule has 0 heterocycles. The Bertz CT molecular complexity index is 322. The lowest BCUT2D eigenvalue weighted by Gasteiger charge is -2.10. The van der Waals surface area contributed by atoms with Crippen molar-refractivity contribution in [2.75, 3.05) is 6.61 Å². The molecule has 0 N–H and O–H groups in total. The number of rotatable bonds is 5. The first-order valence-corrected chi connectivity index (χ1v) is 6.21. The summed E-state index contributed by atoms with van der Waals surface area (Å²) in [5.41, 5.74) is 1.77. The molecule has 0 amide bonds. The van der Waals surface area contributed by atoms with Crippen molar-refractivity contribution in [1.29, 1.82) is 0 Å². The Labute approximate surface area is 93.4 Å². The molecule has 0 aliphatic carbocycles. The first kappa shape index (κ1) is 11.7. The summed E-state index contributed by atoms with van der Waals surface area (Å²) in [5.74, 6) is -0.330. The van der Waals surface area contributed by atoms with E-state index in [0.717, 1.165) is 16.7 Å². The van der Waals surface area contributed by atoms with Crippen LogP contribution in [0.4, 0.5) is 0 Å². The molecule has 1 aromatic carbocycles. The Hall–Kier alpha value is -1.35. The highest BCUT2D eigenvalue weighted by Crippen LogP contribution is 2.10. The van der Waals surface area contributed by atoms with Crippen molar-refractivity contribution in [3.8, 4) is 0 Å². The van der Waals surface area contributed by atoms with Gasteiger partial charge in [0.05, 0.1) is 6.61 Å². The minimum Gasteiger partial charge on any atom is -0.463 e. The largest absolute Gasteiger partial charge is 0.463 e. The van der Waals surface area contributed by atoms with Crippen LogP contribution in [0.1, 0.15) is 5.56 Å². The SMILES string of the molecule is C=CC(=O)OCC([SiH3])Cc1ccccc1. The van der Waals surface area contributed by atoms with Crippen LogP contribution in [0.15, 0.2) is 43.0 Å². The maximum atomic E-state index is 10.8. The Morgan fingerprint density at radius 2 is 2.13 bits per heavy atom. The predicted octanol–water partition coefficient (Wildman–Crippen LogP) is 1.11. The van der Waals surface area contributed by atoms with E-state index in [0.29, 0.717) is 12.1 Å². The Balaban J connectivity index is 2.33. The summed E-state index contributed by atoms with van der Waals surface area (Å²) in [4.78, 5) is 10.8. The Morgan fingerprint density at radius 1 is 1.47 bits per heavy atom. The fourth-order valence-corrected chi connectivity index (χ4v) is 2.00. The van der Waals surface area contributed by atoms with Gasteiger partial charge in [0.25, 0.3) is 0 Å². The standard InChI is InChI=1S/C12H16O2Si/c1-2-12(13)14-9-11(15)8-10-6-4-3-5-7-10/h2-7,11H,1,8-9H2,15H3. The van der Waals surface area contributed by atoms with Crippen molar-refractivity contribution in [3.63, 3.8) is 0 Å². The lowest BCUT2D eigenvalue weighted by atomic mass is 10.1. The highest BCUT2D eigenvalue weighted by atomic mass is 28.1. The summed E-state index contributed by atoms with van der Waals surface area (Å²) < 4.78 is 5.00. The van der Waals surface area contributed by atoms with E-state index in [1.54, 1.807) is 0 Å². The number of carbonyl (C=O) groups excluding carboxylic acids is 1. The van der Waals surface area contributed by atoms with Gasteiger partial charge in [0.2, 0.25) is 0 Å². The quantitative estimate of drug-likeness (QED) is 0.422. The van der Waals surface area contributed by atoms with Crippen molar-refractivity contribution in [3.05, 3.63) is 48.6 Å². The van der Waals surface area contributed by atoms with Crippen LogP contribution < -0.4 is 0 Å². The van der Waals surface area contributed by atoms with E-state index in [2.05, 4.69) is 18.7 Å². The number of hydrogen-bond donors (Lipinski definition) is 0. The summed E-state index contributed by atoms with van der Waals surface area (Å²) in [6.07, 6.45) is 2.19. The summed E-state index contributed by atoms with van der Waals surface area (Å²) in [7, 11) is 1.02. The van der Waals surface area contributed by atoms with Gasteiger partial charge in [0.1, 0.15) is 0 Å².